The summed E-state index contributed by atoms with van der Waals surface area (Å²) in [7, 11) is 0. The minimum absolute atomic E-state index is 0.00778. The molecule has 1 aromatic carbocycles. The van der Waals surface area contributed by atoms with E-state index in [4.69, 9.17) is 0 Å². The summed E-state index contributed by atoms with van der Waals surface area (Å²) in [4.78, 5) is 13.2. The number of aromatic hydroxyl groups is 1. The molecule has 3 nitrogen and oxygen atoms in total. The molecule has 4 heteroatoms. The molecule has 0 fully saturated rings. The van der Waals surface area contributed by atoms with E-state index in [0.717, 1.165) is 0 Å². The number of rotatable bonds is 3. The molecule has 0 aliphatic carbocycles. The summed E-state index contributed by atoms with van der Waals surface area (Å²) in [5.74, 6) is 0.00778. The number of isocyanates is 1. The van der Waals surface area contributed by atoms with Crippen molar-refractivity contribution in [3.63, 3.8) is 0 Å². The van der Waals surface area contributed by atoms with Crippen molar-refractivity contribution in [3.05, 3.63) is 29.3 Å². The van der Waals surface area contributed by atoms with Crippen LogP contribution in [0.4, 0.5) is 4.39 Å². The van der Waals surface area contributed by atoms with Crippen molar-refractivity contribution >= 4 is 6.08 Å². The second-order valence-electron chi connectivity index (χ2n) is 2.91. The zero-order valence-corrected chi connectivity index (χ0v) is 7.70. The van der Waals surface area contributed by atoms with E-state index in [1.165, 1.54) is 31.2 Å². The van der Waals surface area contributed by atoms with Crippen molar-refractivity contribution in [2.75, 3.05) is 0 Å². The molecule has 74 valence electrons. The SMILES string of the molecule is CC(F)c1ccc(O)c(CN=C=O)c1. The quantitative estimate of drug-likeness (QED) is 0.594. The highest BCUT2D eigenvalue weighted by atomic mass is 19.1. The molecule has 1 aromatic rings. The monoisotopic (exact) mass is 195 g/mol. The summed E-state index contributed by atoms with van der Waals surface area (Å²) < 4.78 is 12.9. The number of halogens is 1. The molecule has 0 aliphatic heterocycles. The Kier molecular flexibility index (Phi) is 3.37. The van der Waals surface area contributed by atoms with Crippen molar-refractivity contribution in [2.24, 2.45) is 4.99 Å². The molecule has 14 heavy (non-hydrogen) atoms. The molecule has 0 aromatic heterocycles. The summed E-state index contributed by atoms with van der Waals surface area (Å²) in [5, 5.41) is 9.33. The molecule has 0 saturated carbocycles. The van der Waals surface area contributed by atoms with E-state index in [2.05, 4.69) is 4.99 Å². The zero-order valence-electron chi connectivity index (χ0n) is 7.70. The smallest absolute Gasteiger partial charge is 0.235 e. The van der Waals surface area contributed by atoms with Crippen LogP contribution < -0.4 is 0 Å². The Morgan fingerprint density at radius 3 is 2.93 bits per heavy atom. The highest BCUT2D eigenvalue weighted by Crippen LogP contribution is 2.24. The fourth-order valence-electron chi connectivity index (χ4n) is 1.10. The maximum Gasteiger partial charge on any atom is 0.235 e. The fraction of sp³-hybridized carbons (Fsp3) is 0.300. The van der Waals surface area contributed by atoms with Gasteiger partial charge in [-0.05, 0) is 24.6 Å². The number of alkyl halides is 1. The molecular formula is C10H10FNO2. The molecule has 1 N–H and O–H groups in total. The zero-order chi connectivity index (χ0) is 10.6. The maximum atomic E-state index is 12.9. The molecule has 0 aliphatic rings. The van der Waals surface area contributed by atoms with Gasteiger partial charge in [0.1, 0.15) is 11.9 Å². The number of phenols is 1. The third-order valence-electron chi connectivity index (χ3n) is 1.88. The average Bonchev–Trinajstić information content (AvgIpc) is 2.16. The molecule has 1 rings (SSSR count). The molecule has 0 saturated heterocycles. The predicted molar refractivity (Wildman–Crippen MR) is 49.5 cm³/mol. The van der Waals surface area contributed by atoms with Crippen molar-refractivity contribution in [3.8, 4) is 5.75 Å². The molecule has 0 bridgehead atoms. The van der Waals surface area contributed by atoms with Gasteiger partial charge < -0.3 is 5.11 Å². The lowest BCUT2D eigenvalue weighted by Crippen LogP contribution is -1.89. The van der Waals surface area contributed by atoms with E-state index >= 15 is 0 Å². The first-order valence-corrected chi connectivity index (χ1v) is 4.14. The lowest BCUT2D eigenvalue weighted by molar-refractivity contribution is 0.373. The normalized spacial score (nSPS) is 11.9. The minimum Gasteiger partial charge on any atom is -0.508 e. The third-order valence-corrected chi connectivity index (χ3v) is 1.88. The van der Waals surface area contributed by atoms with Gasteiger partial charge in [0.25, 0.3) is 0 Å². The van der Waals surface area contributed by atoms with E-state index in [-0.39, 0.29) is 12.3 Å². The lowest BCUT2D eigenvalue weighted by atomic mass is 10.1. The molecule has 1 atom stereocenters. The Balaban J connectivity index is 3.01. The van der Waals surface area contributed by atoms with E-state index in [1.54, 1.807) is 0 Å². The van der Waals surface area contributed by atoms with Crippen LogP contribution in [0.15, 0.2) is 23.2 Å². The lowest BCUT2D eigenvalue weighted by Gasteiger charge is -2.05. The number of hydrogen-bond acceptors (Lipinski definition) is 3. The highest BCUT2D eigenvalue weighted by molar-refractivity contribution is 5.39. The topological polar surface area (TPSA) is 49.7 Å². The van der Waals surface area contributed by atoms with Crippen LogP contribution in [-0.2, 0) is 11.3 Å². The van der Waals surface area contributed by atoms with Crippen molar-refractivity contribution < 1.29 is 14.3 Å². The summed E-state index contributed by atoms with van der Waals surface area (Å²) >= 11 is 0. The van der Waals surface area contributed by atoms with Crippen LogP contribution in [0, 0.1) is 0 Å². The molecule has 0 amide bonds. The third kappa shape index (κ3) is 2.41. The first-order chi connectivity index (χ1) is 6.65. The van der Waals surface area contributed by atoms with Crippen LogP contribution in [0.1, 0.15) is 24.2 Å². The van der Waals surface area contributed by atoms with Crippen molar-refractivity contribution in [1.82, 2.24) is 0 Å². The molecule has 1 unspecified atom stereocenters. The Hall–Kier alpha value is -1.67. The molecule has 0 heterocycles. The van der Waals surface area contributed by atoms with Gasteiger partial charge in [-0.2, -0.15) is 0 Å². The van der Waals surface area contributed by atoms with Crippen molar-refractivity contribution in [1.29, 1.82) is 0 Å². The van der Waals surface area contributed by atoms with Gasteiger partial charge in [-0.1, -0.05) is 6.07 Å². The van der Waals surface area contributed by atoms with E-state index < -0.39 is 6.17 Å². The maximum absolute atomic E-state index is 12.9. The molecule has 0 spiro atoms. The molecule has 0 radical (unpaired) electrons. The van der Waals surface area contributed by atoms with E-state index in [0.29, 0.717) is 11.1 Å². The summed E-state index contributed by atoms with van der Waals surface area (Å²) in [6, 6.07) is 4.37. The average molecular weight is 195 g/mol. The summed E-state index contributed by atoms with van der Waals surface area (Å²) in [5.41, 5.74) is 0.884. The van der Waals surface area contributed by atoms with Crippen LogP contribution in [0.3, 0.4) is 0 Å². The first kappa shape index (κ1) is 10.4. The number of aliphatic imine (C=N–C) groups is 1. The Bertz CT molecular complexity index is 370. The highest BCUT2D eigenvalue weighted by Gasteiger charge is 2.06. The second kappa shape index (κ2) is 4.53. The van der Waals surface area contributed by atoms with E-state index in [1.807, 2.05) is 0 Å². The largest absolute Gasteiger partial charge is 0.508 e. The number of carbonyl (C=O) groups excluding carboxylic acids is 1. The standard InChI is InChI=1S/C10H10FNO2/c1-7(11)8-2-3-10(14)9(4-8)5-12-6-13/h2-4,7,14H,5H2,1H3. The van der Waals surface area contributed by atoms with Crippen LogP contribution in [-0.4, -0.2) is 11.2 Å². The molecular weight excluding hydrogens is 185 g/mol. The summed E-state index contributed by atoms with van der Waals surface area (Å²) in [6.07, 6.45) is 0.260. The fourth-order valence-corrected chi connectivity index (χ4v) is 1.10. The van der Waals surface area contributed by atoms with Crippen molar-refractivity contribution in [2.45, 2.75) is 19.6 Å². The van der Waals surface area contributed by atoms with Gasteiger partial charge in [0.15, 0.2) is 0 Å². The number of benzene rings is 1. The van der Waals surface area contributed by atoms with Crippen LogP contribution >= 0.6 is 0 Å². The number of hydrogen-bond donors (Lipinski definition) is 1. The van der Waals surface area contributed by atoms with E-state index in [9.17, 15) is 14.3 Å². The second-order valence-corrected chi connectivity index (χ2v) is 2.91. The first-order valence-electron chi connectivity index (χ1n) is 4.14. The van der Waals surface area contributed by atoms with Crippen LogP contribution in [0.25, 0.3) is 0 Å². The Labute approximate surface area is 80.9 Å². The number of nitrogens with zero attached hydrogens (tertiary/aromatic N) is 1. The van der Waals surface area contributed by atoms with Gasteiger partial charge >= 0.3 is 0 Å². The van der Waals surface area contributed by atoms with Gasteiger partial charge in [-0.3, -0.25) is 0 Å². The predicted octanol–water partition coefficient (Wildman–Crippen LogP) is 2.26. The minimum atomic E-state index is -1.10. The van der Waals surface area contributed by atoms with Gasteiger partial charge in [-0.25, -0.2) is 14.2 Å². The van der Waals surface area contributed by atoms with Gasteiger partial charge in [-0.15, -0.1) is 0 Å². The van der Waals surface area contributed by atoms with Gasteiger partial charge in [0.2, 0.25) is 6.08 Å². The number of phenolic OH excluding ortho intramolecular Hbond substituents is 1. The Morgan fingerprint density at radius 2 is 2.36 bits per heavy atom. The van der Waals surface area contributed by atoms with Crippen LogP contribution in [0.2, 0.25) is 0 Å². The Morgan fingerprint density at radius 1 is 1.64 bits per heavy atom. The van der Waals surface area contributed by atoms with Gasteiger partial charge in [0, 0.05) is 5.56 Å². The van der Waals surface area contributed by atoms with Gasteiger partial charge in [0.05, 0.1) is 6.54 Å². The summed E-state index contributed by atoms with van der Waals surface area (Å²) in [6.45, 7) is 1.43. The van der Waals surface area contributed by atoms with Crippen LogP contribution in [0.5, 0.6) is 5.75 Å².